The molecular formula is C7H14N2O4Y-2. The molecule has 6 N–H and O–H groups in total. The summed E-state index contributed by atoms with van der Waals surface area (Å²) in [6, 6.07) is -1.77. The number of rotatable bonds is 3. The van der Waals surface area contributed by atoms with Crippen LogP contribution in [0, 0.1) is 13.8 Å². The molecule has 0 aliphatic carbocycles. The first-order chi connectivity index (χ1) is 5.82. The van der Waals surface area contributed by atoms with Gasteiger partial charge in [-0.05, 0) is 6.04 Å². The van der Waals surface area contributed by atoms with Gasteiger partial charge in [0.05, 0.1) is 6.04 Å². The molecule has 0 aromatic rings. The molecule has 0 fully saturated rings. The molecule has 0 aromatic heterocycles. The SMILES string of the molecule is [CH2-]C(N)C(=O)O.[CH2-]CC(N)C(=O)O.[Y]. The summed E-state index contributed by atoms with van der Waals surface area (Å²) in [6.45, 7) is 6.32. The van der Waals surface area contributed by atoms with E-state index in [1.54, 1.807) is 0 Å². The van der Waals surface area contributed by atoms with Gasteiger partial charge in [0.1, 0.15) is 0 Å². The van der Waals surface area contributed by atoms with Gasteiger partial charge in [-0.2, -0.15) is 6.42 Å². The summed E-state index contributed by atoms with van der Waals surface area (Å²) in [5.74, 6) is -2.06. The molecule has 14 heavy (non-hydrogen) atoms. The van der Waals surface area contributed by atoms with Crippen molar-refractivity contribution >= 4 is 11.9 Å². The third kappa shape index (κ3) is 14.5. The molecule has 7 heteroatoms. The summed E-state index contributed by atoms with van der Waals surface area (Å²) in [5, 5.41) is 15.8. The monoisotopic (exact) mass is 279 g/mol. The number of carbonyl (C=O) groups is 2. The molecule has 0 aromatic carbocycles. The molecule has 0 spiro atoms. The fourth-order valence-corrected chi connectivity index (χ4v) is 0.123. The van der Waals surface area contributed by atoms with Crippen molar-refractivity contribution in [2.75, 3.05) is 0 Å². The number of hydrogen-bond acceptors (Lipinski definition) is 4. The molecule has 0 saturated carbocycles. The maximum Gasteiger partial charge on any atom is 0.317 e. The Balaban J connectivity index is -0.000000163. The first kappa shape index (κ1) is 19.5. The molecule has 0 rings (SSSR count). The maximum atomic E-state index is 9.77. The second kappa shape index (κ2) is 11.0. The molecule has 1 radical (unpaired) electrons. The zero-order chi connectivity index (χ0) is 11.0. The molecule has 0 aliphatic heterocycles. The van der Waals surface area contributed by atoms with Gasteiger partial charge < -0.3 is 35.5 Å². The summed E-state index contributed by atoms with van der Waals surface area (Å²) in [4.78, 5) is 19.3. The van der Waals surface area contributed by atoms with Crippen molar-refractivity contribution in [1.82, 2.24) is 0 Å². The fourth-order valence-electron chi connectivity index (χ4n) is 0.123. The van der Waals surface area contributed by atoms with Crippen molar-refractivity contribution in [3.8, 4) is 0 Å². The predicted octanol–water partition coefficient (Wildman–Crippen LogP) is -1.15. The van der Waals surface area contributed by atoms with E-state index in [1.807, 2.05) is 0 Å². The number of hydrogen-bond donors (Lipinski definition) is 4. The van der Waals surface area contributed by atoms with Crippen LogP contribution in [0.5, 0.6) is 0 Å². The van der Waals surface area contributed by atoms with E-state index in [0.717, 1.165) is 0 Å². The van der Waals surface area contributed by atoms with Crippen LogP contribution in [-0.2, 0) is 42.3 Å². The topological polar surface area (TPSA) is 127 Å². The van der Waals surface area contributed by atoms with Crippen molar-refractivity contribution < 1.29 is 52.5 Å². The van der Waals surface area contributed by atoms with E-state index in [2.05, 4.69) is 13.8 Å². The van der Waals surface area contributed by atoms with Gasteiger partial charge in [0.25, 0.3) is 5.97 Å². The van der Waals surface area contributed by atoms with E-state index in [-0.39, 0.29) is 39.1 Å². The molecule has 0 bridgehead atoms. The summed E-state index contributed by atoms with van der Waals surface area (Å²) >= 11 is 0. The zero-order valence-corrected chi connectivity index (χ0v) is 10.6. The van der Waals surface area contributed by atoms with Gasteiger partial charge in [-0.3, -0.25) is 9.59 Å². The van der Waals surface area contributed by atoms with Gasteiger partial charge in [0.15, 0.2) is 0 Å². The number of carboxylic acid groups (broad SMARTS) is 2. The van der Waals surface area contributed by atoms with Gasteiger partial charge >= 0.3 is 5.97 Å². The van der Waals surface area contributed by atoms with Gasteiger partial charge in [0, 0.05) is 32.7 Å². The van der Waals surface area contributed by atoms with E-state index in [0.29, 0.717) is 0 Å². The van der Waals surface area contributed by atoms with Crippen molar-refractivity contribution in [2.24, 2.45) is 11.5 Å². The van der Waals surface area contributed by atoms with Crippen LogP contribution in [0.3, 0.4) is 0 Å². The van der Waals surface area contributed by atoms with E-state index in [4.69, 9.17) is 21.7 Å². The first-order valence-corrected chi connectivity index (χ1v) is 3.42. The molecule has 0 aliphatic rings. The van der Waals surface area contributed by atoms with Crippen LogP contribution < -0.4 is 11.5 Å². The summed E-state index contributed by atoms with van der Waals surface area (Å²) in [5.41, 5.74) is 9.68. The minimum Gasteiger partial charge on any atom is -0.482 e. The summed E-state index contributed by atoms with van der Waals surface area (Å²) < 4.78 is 0. The number of carboxylic acids is 2. The average molecular weight is 279 g/mol. The summed E-state index contributed by atoms with van der Waals surface area (Å²) in [6.07, 6.45) is 0.245. The normalized spacial score (nSPS) is 12.6. The smallest absolute Gasteiger partial charge is 0.317 e. The Kier molecular flexibility index (Phi) is 15.4. The second-order valence-corrected chi connectivity index (χ2v) is 2.18. The minimum atomic E-state index is -1.07. The first-order valence-electron chi connectivity index (χ1n) is 3.42. The Bertz CT molecular complexity index is 175. The number of aliphatic carboxylic acids is 2. The molecule has 0 saturated heterocycles. The summed E-state index contributed by atoms with van der Waals surface area (Å²) in [7, 11) is 0. The van der Waals surface area contributed by atoms with E-state index in [9.17, 15) is 9.59 Å². The molecule has 2 unspecified atom stereocenters. The molecular weight excluding hydrogens is 265 g/mol. The average Bonchev–Trinajstić information content (AvgIpc) is 2.03. The Labute approximate surface area is 108 Å². The van der Waals surface area contributed by atoms with E-state index in [1.165, 1.54) is 0 Å². The predicted molar refractivity (Wildman–Crippen MR) is 46.6 cm³/mol. The van der Waals surface area contributed by atoms with Gasteiger partial charge in [-0.25, -0.2) is 0 Å². The van der Waals surface area contributed by atoms with Crippen LogP contribution in [0.2, 0.25) is 0 Å². The maximum absolute atomic E-state index is 9.77. The quantitative estimate of drug-likeness (QED) is 0.483. The third-order valence-electron chi connectivity index (χ3n) is 0.945. The van der Waals surface area contributed by atoms with Crippen LogP contribution >= 0.6 is 0 Å². The molecule has 0 amide bonds. The molecule has 6 nitrogen and oxygen atoms in total. The van der Waals surface area contributed by atoms with E-state index < -0.39 is 24.0 Å². The minimum absolute atomic E-state index is 0. The van der Waals surface area contributed by atoms with Gasteiger partial charge in [-0.15, -0.1) is 0 Å². The fraction of sp³-hybridized carbons (Fsp3) is 0.429. The second-order valence-electron chi connectivity index (χ2n) is 2.18. The standard InChI is InChI=1S/C4H8NO2.C3H6NO2.Y/c1-2-3(5)4(6)7;1-2(4)3(5)6;/h3H,1-2,5H2,(H,6,7);2H,1,4H2,(H,5,6);/q2*-1;. The number of nitrogens with two attached hydrogens (primary N) is 2. The third-order valence-corrected chi connectivity index (χ3v) is 0.945. The van der Waals surface area contributed by atoms with Crippen molar-refractivity contribution in [1.29, 1.82) is 0 Å². The van der Waals surface area contributed by atoms with Gasteiger partial charge in [-0.1, -0.05) is 0 Å². The Morgan fingerprint density at radius 3 is 1.50 bits per heavy atom. The van der Waals surface area contributed by atoms with Crippen LogP contribution in [0.4, 0.5) is 0 Å². The zero-order valence-electron chi connectivity index (χ0n) is 7.72. The Morgan fingerprint density at radius 2 is 1.50 bits per heavy atom. The molecule has 2 atom stereocenters. The van der Waals surface area contributed by atoms with E-state index >= 15 is 0 Å². The molecule has 0 heterocycles. The van der Waals surface area contributed by atoms with Crippen LogP contribution in [0.15, 0.2) is 0 Å². The largest absolute Gasteiger partial charge is 0.482 e. The molecule has 81 valence electrons. The van der Waals surface area contributed by atoms with Crippen molar-refractivity contribution in [3.05, 3.63) is 13.8 Å². The Hall–Kier alpha value is -0.0361. The van der Waals surface area contributed by atoms with Crippen LogP contribution in [-0.4, -0.2) is 34.2 Å². The Morgan fingerprint density at radius 1 is 1.21 bits per heavy atom. The van der Waals surface area contributed by atoms with Crippen LogP contribution in [0.25, 0.3) is 0 Å². The van der Waals surface area contributed by atoms with Gasteiger partial charge in [0.2, 0.25) is 0 Å². The van der Waals surface area contributed by atoms with Crippen LogP contribution in [0.1, 0.15) is 6.42 Å². The van der Waals surface area contributed by atoms with Crippen molar-refractivity contribution in [3.63, 3.8) is 0 Å². The van der Waals surface area contributed by atoms with Crippen molar-refractivity contribution in [2.45, 2.75) is 18.5 Å².